The van der Waals surface area contributed by atoms with Gasteiger partial charge in [-0.15, -0.1) is 0 Å². The van der Waals surface area contributed by atoms with Crippen molar-refractivity contribution in [1.29, 1.82) is 0 Å². The SMILES string of the molecule is Cn1cc(-c2cnc(N)c(C(=O)N[C@@H]3CCN(C(=O)c4ccc(-c5ccc(F)cc5F)cc4)C3)c2)cn1. The van der Waals surface area contributed by atoms with Crippen LogP contribution in [0.1, 0.15) is 27.1 Å². The summed E-state index contributed by atoms with van der Waals surface area (Å²) in [5.74, 6) is -1.75. The Bertz CT molecular complexity index is 1480. The first-order chi connectivity index (χ1) is 17.8. The van der Waals surface area contributed by atoms with Crippen LogP contribution in [-0.4, -0.2) is 50.6 Å². The molecule has 5 rings (SSSR count). The number of hydrogen-bond donors (Lipinski definition) is 2. The number of anilines is 1. The van der Waals surface area contributed by atoms with E-state index < -0.39 is 11.6 Å². The molecule has 1 aliphatic rings. The number of aryl methyl sites for hydroxylation is 1. The Morgan fingerprint density at radius 1 is 1.03 bits per heavy atom. The summed E-state index contributed by atoms with van der Waals surface area (Å²) >= 11 is 0. The van der Waals surface area contributed by atoms with Gasteiger partial charge < -0.3 is 16.0 Å². The molecule has 37 heavy (non-hydrogen) atoms. The second-order valence-corrected chi connectivity index (χ2v) is 8.97. The lowest BCUT2D eigenvalue weighted by molar-refractivity contribution is 0.0783. The maximum Gasteiger partial charge on any atom is 0.255 e. The lowest BCUT2D eigenvalue weighted by Crippen LogP contribution is -2.38. The van der Waals surface area contributed by atoms with Crippen molar-refractivity contribution in [1.82, 2.24) is 25.0 Å². The van der Waals surface area contributed by atoms with E-state index in [2.05, 4.69) is 15.4 Å². The third kappa shape index (κ3) is 5.04. The summed E-state index contributed by atoms with van der Waals surface area (Å²) < 4.78 is 28.9. The van der Waals surface area contributed by atoms with E-state index in [9.17, 15) is 18.4 Å². The van der Waals surface area contributed by atoms with Crippen molar-refractivity contribution < 1.29 is 18.4 Å². The minimum absolute atomic E-state index is 0.119. The number of hydrogen-bond acceptors (Lipinski definition) is 5. The molecule has 1 atom stereocenters. The average Bonchev–Trinajstić information content (AvgIpc) is 3.53. The lowest BCUT2D eigenvalue weighted by atomic mass is 10.0. The number of aromatic nitrogens is 3. The molecule has 3 N–H and O–H groups in total. The summed E-state index contributed by atoms with van der Waals surface area (Å²) in [6.07, 6.45) is 5.68. The van der Waals surface area contributed by atoms with Gasteiger partial charge in [0, 0.05) is 66.9 Å². The van der Waals surface area contributed by atoms with Gasteiger partial charge in [0.15, 0.2) is 0 Å². The summed E-state index contributed by atoms with van der Waals surface area (Å²) in [6, 6.07) is 11.3. The summed E-state index contributed by atoms with van der Waals surface area (Å²) in [4.78, 5) is 31.8. The highest BCUT2D eigenvalue weighted by atomic mass is 19.1. The molecule has 4 aromatic rings. The molecule has 2 aromatic carbocycles. The second-order valence-electron chi connectivity index (χ2n) is 8.97. The van der Waals surface area contributed by atoms with Gasteiger partial charge in [-0.05, 0) is 42.3 Å². The Kier molecular flexibility index (Phi) is 6.39. The summed E-state index contributed by atoms with van der Waals surface area (Å²) in [5.41, 5.74) is 9.00. The molecule has 0 aliphatic carbocycles. The number of halogens is 2. The monoisotopic (exact) mass is 502 g/mol. The van der Waals surface area contributed by atoms with Gasteiger partial charge in [-0.2, -0.15) is 5.10 Å². The normalized spacial score (nSPS) is 15.1. The molecule has 1 saturated heterocycles. The molecule has 1 fully saturated rings. The van der Waals surface area contributed by atoms with Crippen LogP contribution in [0.2, 0.25) is 0 Å². The van der Waals surface area contributed by atoms with Crippen LogP contribution in [0.3, 0.4) is 0 Å². The second kappa shape index (κ2) is 9.81. The molecule has 0 unspecified atom stereocenters. The van der Waals surface area contributed by atoms with Crippen LogP contribution < -0.4 is 11.1 Å². The number of carbonyl (C=O) groups excluding carboxylic acids is 2. The molecular weight excluding hydrogens is 478 g/mol. The number of rotatable bonds is 5. The number of amides is 2. The molecule has 0 spiro atoms. The largest absolute Gasteiger partial charge is 0.383 e. The van der Waals surface area contributed by atoms with E-state index in [4.69, 9.17) is 5.73 Å². The fraction of sp³-hybridized carbons (Fsp3) is 0.185. The zero-order chi connectivity index (χ0) is 26.1. The van der Waals surface area contributed by atoms with E-state index in [1.54, 1.807) is 59.4 Å². The summed E-state index contributed by atoms with van der Waals surface area (Å²) in [6.45, 7) is 0.816. The Labute approximate surface area is 211 Å². The maximum atomic E-state index is 14.1. The highest BCUT2D eigenvalue weighted by molar-refractivity contribution is 6.00. The fourth-order valence-electron chi connectivity index (χ4n) is 4.41. The van der Waals surface area contributed by atoms with Crippen LogP contribution in [0.15, 0.2) is 67.1 Å². The molecule has 10 heteroatoms. The Morgan fingerprint density at radius 3 is 2.51 bits per heavy atom. The first kappa shape index (κ1) is 24.1. The van der Waals surface area contributed by atoms with Crippen LogP contribution in [-0.2, 0) is 7.05 Å². The van der Waals surface area contributed by atoms with Gasteiger partial charge in [0.25, 0.3) is 11.8 Å². The van der Waals surface area contributed by atoms with E-state index in [1.165, 1.54) is 12.1 Å². The van der Waals surface area contributed by atoms with Gasteiger partial charge in [-0.1, -0.05) is 12.1 Å². The molecule has 3 heterocycles. The number of pyridine rings is 1. The zero-order valence-electron chi connectivity index (χ0n) is 20.0. The molecule has 8 nitrogen and oxygen atoms in total. The third-order valence-electron chi connectivity index (χ3n) is 6.39. The molecule has 2 amide bonds. The molecule has 188 valence electrons. The molecular formula is C27H24F2N6O2. The minimum atomic E-state index is -0.668. The topological polar surface area (TPSA) is 106 Å². The van der Waals surface area contributed by atoms with Gasteiger partial charge >= 0.3 is 0 Å². The van der Waals surface area contributed by atoms with Crippen LogP contribution in [0.5, 0.6) is 0 Å². The van der Waals surface area contributed by atoms with E-state index >= 15 is 0 Å². The minimum Gasteiger partial charge on any atom is -0.383 e. The number of likely N-dealkylation sites (tertiary alicyclic amines) is 1. The average molecular weight is 503 g/mol. The van der Waals surface area contributed by atoms with Gasteiger partial charge in [0.1, 0.15) is 17.5 Å². The van der Waals surface area contributed by atoms with Crippen molar-refractivity contribution >= 4 is 17.6 Å². The van der Waals surface area contributed by atoms with Crippen molar-refractivity contribution in [3.8, 4) is 22.3 Å². The molecule has 0 radical (unpaired) electrons. The fourth-order valence-corrected chi connectivity index (χ4v) is 4.41. The van der Waals surface area contributed by atoms with Gasteiger partial charge in [0.05, 0.1) is 11.8 Å². The van der Waals surface area contributed by atoms with Crippen LogP contribution >= 0.6 is 0 Å². The predicted octanol–water partition coefficient (Wildman–Crippen LogP) is 3.65. The summed E-state index contributed by atoms with van der Waals surface area (Å²) in [7, 11) is 1.80. The van der Waals surface area contributed by atoms with Gasteiger partial charge in [-0.25, -0.2) is 13.8 Å². The quantitative estimate of drug-likeness (QED) is 0.433. The van der Waals surface area contributed by atoms with Crippen LogP contribution in [0, 0.1) is 11.6 Å². The van der Waals surface area contributed by atoms with Crippen molar-refractivity contribution in [3.05, 3.63) is 89.9 Å². The van der Waals surface area contributed by atoms with Gasteiger partial charge in [-0.3, -0.25) is 14.3 Å². The predicted molar refractivity (Wildman–Crippen MR) is 134 cm³/mol. The lowest BCUT2D eigenvalue weighted by Gasteiger charge is -2.18. The number of nitrogen functional groups attached to an aromatic ring is 1. The van der Waals surface area contributed by atoms with Crippen LogP contribution in [0.4, 0.5) is 14.6 Å². The standard InChI is InChI=1S/C27H24F2N6O2/c1-34-14-19(13-32-34)18-10-23(25(30)31-12-18)26(36)33-21-8-9-35(15-21)27(37)17-4-2-16(3-5-17)22-7-6-20(28)11-24(22)29/h2-7,10-14,21H,8-9,15H2,1H3,(H2,30,31)(H,33,36)/t21-/m1/s1. The van der Waals surface area contributed by atoms with Crippen molar-refractivity contribution in [2.45, 2.75) is 12.5 Å². The van der Waals surface area contributed by atoms with E-state index in [0.717, 1.165) is 17.2 Å². The maximum absolute atomic E-state index is 14.1. The number of carbonyl (C=O) groups is 2. The van der Waals surface area contributed by atoms with Crippen molar-refractivity contribution in [2.24, 2.45) is 7.05 Å². The van der Waals surface area contributed by atoms with Crippen molar-refractivity contribution in [2.75, 3.05) is 18.8 Å². The number of nitrogens with two attached hydrogens (primary N) is 1. The Balaban J connectivity index is 1.23. The molecule has 2 aromatic heterocycles. The molecule has 1 aliphatic heterocycles. The first-order valence-electron chi connectivity index (χ1n) is 11.7. The highest BCUT2D eigenvalue weighted by Gasteiger charge is 2.29. The van der Waals surface area contributed by atoms with Crippen LogP contribution in [0.25, 0.3) is 22.3 Å². The molecule has 0 saturated carbocycles. The smallest absolute Gasteiger partial charge is 0.255 e. The highest BCUT2D eigenvalue weighted by Crippen LogP contribution is 2.25. The Morgan fingerprint density at radius 2 is 1.81 bits per heavy atom. The number of nitrogens with zero attached hydrogens (tertiary/aromatic N) is 4. The summed E-state index contributed by atoms with van der Waals surface area (Å²) in [5, 5.41) is 7.09. The van der Waals surface area contributed by atoms with E-state index in [-0.39, 0.29) is 34.8 Å². The van der Waals surface area contributed by atoms with E-state index in [1.807, 2.05) is 6.20 Å². The first-order valence-corrected chi connectivity index (χ1v) is 11.7. The Hall–Kier alpha value is -4.60. The number of benzene rings is 2. The zero-order valence-corrected chi connectivity index (χ0v) is 20.0. The third-order valence-corrected chi connectivity index (χ3v) is 6.39. The number of nitrogens with one attached hydrogen (secondary N) is 1. The van der Waals surface area contributed by atoms with E-state index in [0.29, 0.717) is 30.6 Å². The molecule has 0 bridgehead atoms. The van der Waals surface area contributed by atoms with Gasteiger partial charge in [0.2, 0.25) is 0 Å². The van der Waals surface area contributed by atoms with Crippen molar-refractivity contribution in [3.63, 3.8) is 0 Å².